The largest absolute Gasteiger partial charge is 0.416 e. The molecule has 0 aromatic heterocycles. The zero-order valence-corrected chi connectivity index (χ0v) is 14.2. The molecule has 0 saturated carbocycles. The lowest BCUT2D eigenvalue weighted by Crippen LogP contribution is -2.43. The topological polar surface area (TPSA) is 97.4 Å². The number of hydrogen-bond donors (Lipinski definition) is 1. The average molecular weight is 368 g/mol. The van der Waals surface area contributed by atoms with Gasteiger partial charge in [0, 0.05) is 5.92 Å². The smallest absolute Gasteiger partial charge is 0.399 e. The molecule has 0 saturated heterocycles. The Morgan fingerprint density at radius 1 is 1.11 bits per heavy atom. The molecule has 0 fully saturated rings. The van der Waals surface area contributed by atoms with Crippen molar-refractivity contribution in [3.8, 4) is 18.2 Å². The van der Waals surface area contributed by atoms with Gasteiger partial charge < -0.3 is 5.73 Å². The van der Waals surface area contributed by atoms with Gasteiger partial charge in [-0.05, 0) is 42.4 Å². The fourth-order valence-electron chi connectivity index (χ4n) is 4.24. The van der Waals surface area contributed by atoms with E-state index in [9.17, 15) is 29.0 Å². The van der Waals surface area contributed by atoms with Crippen LogP contribution in [0.5, 0.6) is 0 Å². The molecule has 1 aromatic rings. The number of halogens is 3. The van der Waals surface area contributed by atoms with Gasteiger partial charge in [-0.1, -0.05) is 24.3 Å². The lowest BCUT2D eigenvalue weighted by Gasteiger charge is -2.44. The molecule has 1 aromatic carbocycles. The number of rotatable bonds is 1. The van der Waals surface area contributed by atoms with Crippen LogP contribution in [0.15, 0.2) is 47.2 Å². The van der Waals surface area contributed by atoms with Crippen LogP contribution in [0, 0.1) is 45.3 Å². The van der Waals surface area contributed by atoms with Crippen molar-refractivity contribution in [2.24, 2.45) is 17.1 Å². The lowest BCUT2D eigenvalue weighted by atomic mass is 9.56. The fourth-order valence-corrected chi connectivity index (χ4v) is 4.24. The summed E-state index contributed by atoms with van der Waals surface area (Å²) in [4.78, 5) is 0. The van der Waals surface area contributed by atoms with Crippen molar-refractivity contribution < 1.29 is 13.2 Å². The van der Waals surface area contributed by atoms with Crippen LogP contribution < -0.4 is 5.73 Å². The molecular formula is C20H15F3N4. The zero-order chi connectivity index (χ0) is 19.8. The van der Waals surface area contributed by atoms with Gasteiger partial charge in [0.2, 0.25) is 0 Å². The molecule has 7 heteroatoms. The first-order valence-electron chi connectivity index (χ1n) is 8.41. The first kappa shape index (κ1) is 18.5. The molecule has 136 valence electrons. The molecule has 0 unspecified atom stereocenters. The minimum absolute atomic E-state index is 0.0449. The van der Waals surface area contributed by atoms with Crippen LogP contribution in [0.2, 0.25) is 0 Å². The molecular weight excluding hydrogens is 353 g/mol. The molecule has 0 radical (unpaired) electrons. The van der Waals surface area contributed by atoms with E-state index in [4.69, 9.17) is 5.73 Å². The van der Waals surface area contributed by atoms with E-state index in [0.29, 0.717) is 24.8 Å². The summed E-state index contributed by atoms with van der Waals surface area (Å²) >= 11 is 0. The Labute approximate surface area is 154 Å². The van der Waals surface area contributed by atoms with Crippen LogP contribution in [0.25, 0.3) is 0 Å². The molecule has 0 spiro atoms. The summed E-state index contributed by atoms with van der Waals surface area (Å²) in [5.74, 6) is -1.66. The summed E-state index contributed by atoms with van der Waals surface area (Å²) < 4.78 is 41.0. The molecule has 4 nitrogen and oxygen atoms in total. The maximum atomic E-state index is 13.7. The number of benzene rings is 1. The van der Waals surface area contributed by atoms with Gasteiger partial charge in [-0.3, -0.25) is 0 Å². The van der Waals surface area contributed by atoms with Crippen LogP contribution in [-0.2, 0) is 6.18 Å². The van der Waals surface area contributed by atoms with Gasteiger partial charge in [-0.15, -0.1) is 0 Å². The molecule has 2 atom stereocenters. The number of alkyl halides is 3. The maximum absolute atomic E-state index is 13.7. The van der Waals surface area contributed by atoms with Crippen LogP contribution in [0.4, 0.5) is 13.2 Å². The predicted molar refractivity (Wildman–Crippen MR) is 90.1 cm³/mol. The molecule has 2 aliphatic rings. The molecule has 3 rings (SSSR count). The lowest BCUT2D eigenvalue weighted by molar-refractivity contribution is -0.138. The van der Waals surface area contributed by atoms with Crippen LogP contribution in [0.1, 0.15) is 36.3 Å². The molecule has 27 heavy (non-hydrogen) atoms. The van der Waals surface area contributed by atoms with E-state index in [2.05, 4.69) is 0 Å². The monoisotopic (exact) mass is 368 g/mol. The Hall–Kier alpha value is -3.24. The number of allylic oxidation sites excluding steroid dienone is 4. The van der Waals surface area contributed by atoms with Crippen molar-refractivity contribution in [1.82, 2.24) is 0 Å². The quantitative estimate of drug-likeness (QED) is 0.799. The second-order valence-electron chi connectivity index (χ2n) is 6.69. The minimum atomic E-state index is -4.64. The highest BCUT2D eigenvalue weighted by Crippen LogP contribution is 2.57. The first-order chi connectivity index (χ1) is 12.8. The van der Waals surface area contributed by atoms with Crippen LogP contribution in [0.3, 0.4) is 0 Å². The third kappa shape index (κ3) is 2.66. The average Bonchev–Trinajstić information content (AvgIpc) is 2.66. The summed E-state index contributed by atoms with van der Waals surface area (Å²) in [6.45, 7) is 0. The van der Waals surface area contributed by atoms with E-state index >= 15 is 0 Å². The van der Waals surface area contributed by atoms with Crippen molar-refractivity contribution >= 4 is 0 Å². The number of hydrogen-bond acceptors (Lipinski definition) is 4. The van der Waals surface area contributed by atoms with Crippen molar-refractivity contribution in [3.05, 3.63) is 58.3 Å². The van der Waals surface area contributed by atoms with Crippen molar-refractivity contribution in [3.63, 3.8) is 0 Å². The first-order valence-corrected chi connectivity index (χ1v) is 8.41. The molecule has 2 aliphatic carbocycles. The normalized spacial score (nSPS) is 24.1. The summed E-state index contributed by atoms with van der Waals surface area (Å²) in [6.07, 6.45) is -0.998. The summed E-state index contributed by atoms with van der Waals surface area (Å²) in [5.41, 5.74) is 3.35. The van der Waals surface area contributed by atoms with E-state index in [1.165, 1.54) is 18.2 Å². The number of nitriles is 3. The second kappa shape index (κ2) is 6.49. The number of nitrogens with zero attached hydrogens (tertiary/aromatic N) is 3. The van der Waals surface area contributed by atoms with Gasteiger partial charge in [0.15, 0.2) is 5.41 Å². The standard InChI is InChI=1S/C20H15F3N4/c21-20(22,23)16-8-4-3-7-14(16)17-13-6-2-1-5-12(13)15(9-24)18(27)19(17,10-25)11-26/h3-5,7-8,13,17H,1-2,6,27H2/t13-,17-/m0/s1. The van der Waals surface area contributed by atoms with Gasteiger partial charge in [0.05, 0.1) is 29.0 Å². The Kier molecular flexibility index (Phi) is 4.46. The number of nitrogens with two attached hydrogens (primary N) is 1. The highest BCUT2D eigenvalue weighted by atomic mass is 19.4. The van der Waals surface area contributed by atoms with Crippen LogP contribution >= 0.6 is 0 Å². The van der Waals surface area contributed by atoms with E-state index in [0.717, 1.165) is 6.07 Å². The van der Waals surface area contributed by atoms with Gasteiger partial charge in [-0.25, -0.2) is 0 Å². The molecule has 0 bridgehead atoms. The Morgan fingerprint density at radius 2 is 1.78 bits per heavy atom. The third-order valence-electron chi connectivity index (χ3n) is 5.40. The minimum Gasteiger partial charge on any atom is -0.399 e. The Morgan fingerprint density at radius 3 is 2.37 bits per heavy atom. The van der Waals surface area contributed by atoms with E-state index < -0.39 is 29.0 Å². The fraction of sp³-hybridized carbons (Fsp3) is 0.350. The van der Waals surface area contributed by atoms with Crippen molar-refractivity contribution in [2.45, 2.75) is 31.4 Å². The summed E-state index contributed by atoms with van der Waals surface area (Å²) in [7, 11) is 0. The molecule has 0 heterocycles. The van der Waals surface area contributed by atoms with Crippen LogP contribution in [-0.4, -0.2) is 0 Å². The van der Waals surface area contributed by atoms with E-state index in [1.54, 1.807) is 6.08 Å². The van der Waals surface area contributed by atoms with Gasteiger partial charge in [0.1, 0.15) is 6.07 Å². The van der Waals surface area contributed by atoms with E-state index in [1.807, 2.05) is 18.2 Å². The van der Waals surface area contributed by atoms with Gasteiger partial charge in [-0.2, -0.15) is 29.0 Å². The Balaban J connectivity index is 2.39. The highest BCUT2D eigenvalue weighted by Gasteiger charge is 2.55. The van der Waals surface area contributed by atoms with Crippen molar-refractivity contribution in [2.75, 3.05) is 0 Å². The third-order valence-corrected chi connectivity index (χ3v) is 5.40. The Bertz CT molecular complexity index is 953. The van der Waals surface area contributed by atoms with Gasteiger partial charge in [0.25, 0.3) is 0 Å². The maximum Gasteiger partial charge on any atom is 0.416 e. The summed E-state index contributed by atoms with van der Waals surface area (Å²) in [5, 5.41) is 29.2. The number of fused-ring (bicyclic) bond motifs is 1. The zero-order valence-electron chi connectivity index (χ0n) is 14.2. The van der Waals surface area contributed by atoms with E-state index in [-0.39, 0.29) is 16.8 Å². The summed E-state index contributed by atoms with van der Waals surface area (Å²) in [6, 6.07) is 10.6. The SMILES string of the molecule is N#CC1=C(N)C(C#N)(C#N)[C@H](c2ccccc2C(F)(F)F)[C@H]2CCCC=C12. The van der Waals surface area contributed by atoms with Crippen molar-refractivity contribution in [1.29, 1.82) is 15.8 Å². The second-order valence-corrected chi connectivity index (χ2v) is 6.69. The molecule has 2 N–H and O–H groups in total. The van der Waals surface area contributed by atoms with Gasteiger partial charge >= 0.3 is 6.18 Å². The molecule has 0 amide bonds. The molecule has 0 aliphatic heterocycles. The highest BCUT2D eigenvalue weighted by molar-refractivity contribution is 5.59. The predicted octanol–water partition coefficient (Wildman–Crippen LogP) is 4.30.